The highest BCUT2D eigenvalue weighted by molar-refractivity contribution is 7.92. The van der Waals surface area contributed by atoms with Crippen molar-refractivity contribution in [1.82, 2.24) is 0 Å². The number of halogens is 6. The fraction of sp³-hybridized carbons (Fsp3) is 0.948. The molecule has 14 bridgehead atoms. The maximum atomic E-state index is 13.0. The summed E-state index contributed by atoms with van der Waals surface area (Å²) in [6, 6.07) is 3.90. The summed E-state index contributed by atoms with van der Waals surface area (Å²) >= 11 is 0. The van der Waals surface area contributed by atoms with Crippen molar-refractivity contribution in [2.24, 2.45) is 76.9 Å². The molecular formula is C58H74F6N2O27S7. The van der Waals surface area contributed by atoms with E-state index >= 15 is 0 Å². The van der Waals surface area contributed by atoms with Crippen LogP contribution in [0.5, 0.6) is 0 Å². The highest BCUT2D eigenvalue weighted by Gasteiger charge is 2.84. The molecule has 29 nitrogen and oxygen atoms in total. The minimum Gasteiger partial charge on any atom is -0.468 e. The Morgan fingerprint density at radius 3 is 1.50 bits per heavy atom. The summed E-state index contributed by atoms with van der Waals surface area (Å²) in [4.78, 5) is 11.7. The lowest BCUT2D eigenvalue weighted by Gasteiger charge is -2.29. The molecule has 0 spiro atoms. The van der Waals surface area contributed by atoms with Crippen LogP contribution in [-0.4, -0.2) is 235 Å². The first-order chi connectivity index (χ1) is 46.1. The fourth-order valence-electron chi connectivity index (χ4n) is 21.2. The van der Waals surface area contributed by atoms with E-state index in [-0.39, 0.29) is 83.6 Å². The normalized spacial score (nSPS) is 55.8. The van der Waals surface area contributed by atoms with Crippen LogP contribution in [0.25, 0.3) is 0 Å². The summed E-state index contributed by atoms with van der Waals surface area (Å²) in [7, 11) is -24.3. The van der Waals surface area contributed by atoms with Crippen molar-refractivity contribution in [2.75, 3.05) is 18.6 Å². The Kier molecular flexibility index (Phi) is 16.5. The number of nitriles is 2. The van der Waals surface area contributed by atoms with E-state index in [9.17, 15) is 90.1 Å². The molecule has 21 aliphatic rings. The topological polar surface area (TPSA) is 414 Å². The van der Waals surface area contributed by atoms with Crippen LogP contribution in [0.3, 0.4) is 0 Å². The maximum Gasteiger partial charge on any atom is 0.413 e. The minimum absolute atomic E-state index is 0.0000520. The second-order valence-electron chi connectivity index (χ2n) is 30.9. The van der Waals surface area contributed by atoms with E-state index in [0.717, 1.165) is 18.8 Å². The summed E-state index contributed by atoms with van der Waals surface area (Å²) < 4.78 is 295. The number of hydrogen-bond acceptors (Lipinski definition) is 29. The number of rotatable bonds is 1. The lowest BCUT2D eigenvalue weighted by atomic mass is 9.80. The molecule has 37 atom stereocenters. The van der Waals surface area contributed by atoms with Crippen LogP contribution >= 0.6 is 0 Å². The Labute approximate surface area is 573 Å². The van der Waals surface area contributed by atoms with Crippen LogP contribution in [-0.2, 0) is 129 Å². The first-order valence-electron chi connectivity index (χ1n) is 33.2. The number of methoxy groups -OCH3 is 1. The Bertz CT molecular complexity index is 4330. The zero-order valence-corrected chi connectivity index (χ0v) is 60.0. The van der Waals surface area contributed by atoms with Crippen molar-refractivity contribution >= 4 is 76.2 Å². The Balaban J connectivity index is 0.0000000950. The summed E-state index contributed by atoms with van der Waals surface area (Å²) in [5, 5.41) is 15.5. The predicted octanol–water partition coefficient (Wildman–Crippen LogP) is 1.64. The first-order valence-corrected chi connectivity index (χ1v) is 43.8. The van der Waals surface area contributed by atoms with Crippen molar-refractivity contribution in [2.45, 2.75) is 238 Å². The zero-order chi connectivity index (χ0) is 72.8. The molecule has 2 aliphatic carbocycles. The van der Waals surface area contributed by atoms with Crippen LogP contribution < -0.4 is 0 Å². The van der Waals surface area contributed by atoms with Gasteiger partial charge in [-0.25, -0.2) is 16.8 Å². The summed E-state index contributed by atoms with van der Waals surface area (Å²) in [5.74, 6) is 0.0890. The molecule has 42 heteroatoms. The number of carbonyl (C=O) groups excluding carboxylic acids is 1. The molecule has 0 aromatic rings. The molecule has 21 rings (SSSR count). The van der Waals surface area contributed by atoms with E-state index in [1.165, 1.54) is 20.5 Å². The van der Waals surface area contributed by atoms with Gasteiger partial charge in [0, 0.05) is 54.8 Å². The number of alkyl halides is 6. The Hall–Kier alpha value is -2.76. The van der Waals surface area contributed by atoms with Crippen molar-refractivity contribution in [3.05, 3.63) is 0 Å². The molecule has 0 amide bonds. The molecule has 19 heterocycles. The fourth-order valence-corrected chi connectivity index (χ4v) is 35.5. The highest BCUT2D eigenvalue weighted by Crippen LogP contribution is 2.64. The molecule has 100 heavy (non-hydrogen) atoms. The van der Waals surface area contributed by atoms with Crippen LogP contribution in [0.2, 0.25) is 0 Å². The Morgan fingerprint density at radius 2 is 0.970 bits per heavy atom. The molecule has 0 aromatic carbocycles. The van der Waals surface area contributed by atoms with Crippen molar-refractivity contribution in [3.8, 4) is 12.1 Å². The van der Waals surface area contributed by atoms with Gasteiger partial charge in [0.2, 0.25) is 14.2 Å². The quantitative estimate of drug-likeness (QED) is 0.205. The predicted molar refractivity (Wildman–Crippen MR) is 320 cm³/mol. The van der Waals surface area contributed by atoms with Crippen molar-refractivity contribution < 1.29 is 144 Å². The molecule has 0 aromatic heterocycles. The van der Waals surface area contributed by atoms with E-state index in [1.807, 2.05) is 32.9 Å². The van der Waals surface area contributed by atoms with Gasteiger partial charge in [-0.05, 0) is 48.9 Å². The molecule has 37 unspecified atom stereocenters. The van der Waals surface area contributed by atoms with Crippen LogP contribution in [0.4, 0.5) is 26.3 Å². The number of fused-ring (bicyclic) bond motifs is 7. The highest BCUT2D eigenvalue weighted by atomic mass is 32.2. The van der Waals surface area contributed by atoms with Crippen LogP contribution in [0.1, 0.15) is 87.0 Å². The molecule has 562 valence electrons. The average molecular weight is 1570 g/mol. The third-order valence-electron chi connectivity index (χ3n) is 26.6. The number of carbonyl (C=O) groups is 1. The van der Waals surface area contributed by atoms with Crippen molar-refractivity contribution in [3.63, 3.8) is 0 Å². The molecule has 0 radical (unpaired) electrons. The number of sulfone groups is 2. The third kappa shape index (κ3) is 9.64. The van der Waals surface area contributed by atoms with E-state index in [0.29, 0.717) is 41.1 Å². The molecule has 19 aliphatic heterocycles. The Morgan fingerprint density at radius 1 is 0.460 bits per heavy atom. The minimum atomic E-state index is -4.85. The third-order valence-corrected chi connectivity index (χ3v) is 40.4. The average Bonchev–Trinajstić information content (AvgIpc) is 1.51. The zero-order valence-electron chi connectivity index (χ0n) is 54.3. The summed E-state index contributed by atoms with van der Waals surface area (Å²) in [5.41, 5.74) is 0. The van der Waals surface area contributed by atoms with E-state index in [1.54, 1.807) is 6.92 Å². The molecule has 21 fully saturated rings. The molecule has 19 saturated heterocycles. The first kappa shape index (κ1) is 72.8. The van der Waals surface area contributed by atoms with Gasteiger partial charge in [-0.15, -0.1) is 0 Å². The lowest BCUT2D eigenvalue weighted by molar-refractivity contribution is -0.189. The van der Waals surface area contributed by atoms with Gasteiger partial charge < -0.3 is 33.2 Å². The van der Waals surface area contributed by atoms with E-state index < -0.39 is 205 Å². The van der Waals surface area contributed by atoms with Gasteiger partial charge in [0.25, 0.3) is 50.6 Å². The van der Waals surface area contributed by atoms with Crippen LogP contribution in [0, 0.1) is 99.6 Å². The van der Waals surface area contributed by atoms with Gasteiger partial charge in [-0.3, -0.25) is 25.7 Å². The van der Waals surface area contributed by atoms with Gasteiger partial charge >= 0.3 is 18.3 Å². The van der Waals surface area contributed by atoms with E-state index in [4.69, 9.17) is 55.7 Å². The second-order valence-corrected chi connectivity index (χ2v) is 44.4. The molecule has 2 saturated carbocycles. The summed E-state index contributed by atoms with van der Waals surface area (Å²) in [6.45, 7) is 13.2. The lowest BCUT2D eigenvalue weighted by Crippen LogP contribution is -2.56. The van der Waals surface area contributed by atoms with Gasteiger partial charge in [-0.1, -0.05) is 48.5 Å². The smallest absolute Gasteiger partial charge is 0.413 e. The van der Waals surface area contributed by atoms with Gasteiger partial charge in [0.15, 0.2) is 19.7 Å². The van der Waals surface area contributed by atoms with Gasteiger partial charge in [-0.2, -0.15) is 79.0 Å². The molecule has 0 N–H and O–H groups in total. The number of hydrogen-bond donors (Lipinski definition) is 0. The number of ether oxygens (including phenoxy) is 7. The van der Waals surface area contributed by atoms with Gasteiger partial charge in [0.05, 0.1) is 89.9 Å². The largest absolute Gasteiger partial charge is 0.468 e. The maximum absolute atomic E-state index is 13.0. The summed E-state index contributed by atoms with van der Waals surface area (Å²) in [6.07, 6.45) is -15.8. The standard InChI is InChI=1S/C9H12O6S.C9H14O2S.2C8H9F3O4S.2C8H9NO4S.C8H12O3S/c1-4-5-3-9(8(10)13-2)7(14-5)6(4)15-16(9,11)12;1-5-6-2-7-8(5)4-12(10,11)9(7)3-6;1-3-4-2-7(8(9,10)11)6(14-4)5(3)15-16(7,12)13;1-2-4-3(8(9,10)11)7-6(14-4)5(2)15-16(7,12)13;1-4-5-2-8(3-9)7(12-5)6(4)13-14(8,10)11;1-3-5-4(2-9)8-7(12-5)6(3)13-14(8,10)11;1-4-5-3-12(9,10)7-2-6(4)11-8(5)7/h4-7H,3H2,1-2H3;5-9H,2-4H2,1H3;3-6H,2H2,1H3;2-7H,1H3;4-7H,2H2,1H3;3-8H,1H3;4-8H,2-3H2,1H3. The number of esters is 1. The van der Waals surface area contributed by atoms with Crippen molar-refractivity contribution in [1.29, 1.82) is 10.5 Å². The SMILES string of the molecule is CC1C2CC3(C#N)C(O2)C1OS3(=O)=O.CC1C2CC3(C(F)(F)F)C(O2)C1OS3(=O)=O.CC1C2CC3C(O2)C1CS3(=O)=O.CC1C2CC3C1CS(=O)(=O)C3C2.CC1C2OC3C1OS(=O)(=O)C3C2C#N.CC1C2OS(=O)(=O)C3C2OC1C3C(F)(F)F.COC(=O)C12CC3OC1C(OS2(=O)=O)C3C. The molecular weight excluding hydrogens is 1500 g/mol. The number of nitrogens with zero attached hydrogens (tertiary/aromatic N) is 2. The van der Waals surface area contributed by atoms with Crippen LogP contribution in [0.15, 0.2) is 0 Å². The van der Waals surface area contributed by atoms with Gasteiger partial charge in [0.1, 0.15) is 77.5 Å². The second kappa shape index (κ2) is 22.7. The van der Waals surface area contributed by atoms with E-state index in [2.05, 4.69) is 22.8 Å². The monoisotopic (exact) mass is 1570 g/mol.